The van der Waals surface area contributed by atoms with Crippen molar-refractivity contribution in [3.63, 3.8) is 0 Å². The summed E-state index contributed by atoms with van der Waals surface area (Å²) in [6.07, 6.45) is 1.00. The molecule has 0 saturated heterocycles. The van der Waals surface area contributed by atoms with Crippen molar-refractivity contribution < 1.29 is 5.11 Å². The van der Waals surface area contributed by atoms with E-state index in [-0.39, 0.29) is 5.41 Å². The number of allylic oxidation sites excluding steroid dienone is 1. The molecule has 0 bridgehead atoms. The van der Waals surface area contributed by atoms with Crippen molar-refractivity contribution >= 4 is 5.57 Å². The zero-order valence-electron chi connectivity index (χ0n) is 10.1. The van der Waals surface area contributed by atoms with Crippen molar-refractivity contribution in [1.29, 1.82) is 0 Å². The van der Waals surface area contributed by atoms with Crippen LogP contribution < -0.4 is 0 Å². The van der Waals surface area contributed by atoms with Crippen molar-refractivity contribution in [3.8, 4) is 5.75 Å². The monoisotopic (exact) mass is 204 g/mol. The van der Waals surface area contributed by atoms with Crippen molar-refractivity contribution in [2.75, 3.05) is 0 Å². The molecular weight excluding hydrogens is 184 g/mol. The first-order valence-corrected chi connectivity index (χ1v) is 5.38. The van der Waals surface area contributed by atoms with E-state index in [2.05, 4.69) is 27.4 Å². The predicted molar refractivity (Wildman–Crippen MR) is 66.1 cm³/mol. The fourth-order valence-corrected chi connectivity index (χ4v) is 1.53. The third-order valence-electron chi connectivity index (χ3n) is 3.10. The Balaban J connectivity index is 3.28. The van der Waals surface area contributed by atoms with Crippen LogP contribution in [0.15, 0.2) is 24.8 Å². The van der Waals surface area contributed by atoms with Crippen LogP contribution in [0.25, 0.3) is 5.57 Å². The molecule has 82 valence electrons. The van der Waals surface area contributed by atoms with Gasteiger partial charge in [-0.05, 0) is 36.5 Å². The Labute approximate surface area is 92.5 Å². The molecule has 0 radical (unpaired) electrons. The van der Waals surface area contributed by atoms with E-state index in [4.69, 9.17) is 0 Å². The SMILES string of the molecule is C=C(C)c1ccc(O)c(C(C)(C)CC)c1. The summed E-state index contributed by atoms with van der Waals surface area (Å²) in [7, 11) is 0. The van der Waals surface area contributed by atoms with E-state index in [9.17, 15) is 5.11 Å². The van der Waals surface area contributed by atoms with Crippen LogP contribution in [0.2, 0.25) is 0 Å². The Hall–Kier alpha value is -1.24. The van der Waals surface area contributed by atoms with E-state index in [0.29, 0.717) is 5.75 Å². The Morgan fingerprint density at radius 1 is 1.40 bits per heavy atom. The second-order valence-electron chi connectivity index (χ2n) is 4.75. The van der Waals surface area contributed by atoms with E-state index in [1.54, 1.807) is 6.07 Å². The van der Waals surface area contributed by atoms with E-state index in [0.717, 1.165) is 23.1 Å². The molecule has 0 unspecified atom stereocenters. The molecule has 1 heteroatoms. The maximum atomic E-state index is 9.85. The summed E-state index contributed by atoms with van der Waals surface area (Å²) in [4.78, 5) is 0. The highest BCUT2D eigenvalue weighted by atomic mass is 16.3. The lowest BCUT2D eigenvalue weighted by atomic mass is 9.80. The highest BCUT2D eigenvalue weighted by molar-refractivity contribution is 5.63. The number of hydrogen-bond donors (Lipinski definition) is 1. The molecule has 0 heterocycles. The lowest BCUT2D eigenvalue weighted by Crippen LogP contribution is -2.15. The van der Waals surface area contributed by atoms with Gasteiger partial charge in [0.25, 0.3) is 0 Å². The van der Waals surface area contributed by atoms with Crippen LogP contribution in [-0.4, -0.2) is 5.11 Å². The van der Waals surface area contributed by atoms with Gasteiger partial charge < -0.3 is 5.11 Å². The lowest BCUT2D eigenvalue weighted by molar-refractivity contribution is 0.428. The van der Waals surface area contributed by atoms with Gasteiger partial charge in [0.05, 0.1) is 0 Å². The second kappa shape index (κ2) is 4.09. The van der Waals surface area contributed by atoms with Gasteiger partial charge in [-0.3, -0.25) is 0 Å². The zero-order chi connectivity index (χ0) is 11.6. The topological polar surface area (TPSA) is 20.2 Å². The van der Waals surface area contributed by atoms with Gasteiger partial charge in [0.2, 0.25) is 0 Å². The summed E-state index contributed by atoms with van der Waals surface area (Å²) in [5.41, 5.74) is 3.15. The average molecular weight is 204 g/mol. The number of phenols is 1. The number of aromatic hydroxyl groups is 1. The molecule has 0 aliphatic rings. The Kier molecular flexibility index (Phi) is 3.23. The van der Waals surface area contributed by atoms with E-state index < -0.39 is 0 Å². The molecule has 0 spiro atoms. The first kappa shape index (κ1) is 11.8. The largest absolute Gasteiger partial charge is 0.508 e. The molecule has 0 aromatic heterocycles. The lowest BCUT2D eigenvalue weighted by Gasteiger charge is -2.25. The first-order valence-electron chi connectivity index (χ1n) is 5.38. The Morgan fingerprint density at radius 2 is 2.00 bits per heavy atom. The van der Waals surface area contributed by atoms with Crippen molar-refractivity contribution in [2.45, 2.75) is 39.5 Å². The van der Waals surface area contributed by atoms with Crippen LogP contribution in [0.3, 0.4) is 0 Å². The van der Waals surface area contributed by atoms with Gasteiger partial charge in [-0.2, -0.15) is 0 Å². The van der Waals surface area contributed by atoms with Gasteiger partial charge in [-0.15, -0.1) is 0 Å². The normalized spacial score (nSPS) is 11.5. The molecule has 1 aromatic carbocycles. The quantitative estimate of drug-likeness (QED) is 0.785. The van der Waals surface area contributed by atoms with Gasteiger partial charge in [-0.25, -0.2) is 0 Å². The summed E-state index contributed by atoms with van der Waals surface area (Å²) in [5.74, 6) is 0.381. The van der Waals surface area contributed by atoms with E-state index in [1.807, 2.05) is 19.1 Å². The molecule has 0 fully saturated rings. The van der Waals surface area contributed by atoms with Crippen LogP contribution in [0.4, 0.5) is 0 Å². The smallest absolute Gasteiger partial charge is 0.119 e. The molecule has 0 aliphatic heterocycles. The Bertz CT molecular complexity index is 375. The molecule has 0 amide bonds. The standard InChI is InChI=1S/C14H20O/c1-6-14(4,5)12-9-11(10(2)3)7-8-13(12)15/h7-9,15H,2,6H2,1,3-5H3. The number of hydrogen-bond acceptors (Lipinski definition) is 1. The number of phenolic OH excluding ortho intramolecular Hbond substituents is 1. The maximum Gasteiger partial charge on any atom is 0.119 e. The molecule has 1 N–H and O–H groups in total. The van der Waals surface area contributed by atoms with E-state index >= 15 is 0 Å². The predicted octanol–water partition coefficient (Wildman–Crippen LogP) is 4.11. The minimum atomic E-state index is 0.00947. The zero-order valence-corrected chi connectivity index (χ0v) is 10.1. The molecule has 0 atom stereocenters. The van der Waals surface area contributed by atoms with Crippen LogP contribution in [0.5, 0.6) is 5.75 Å². The summed E-state index contributed by atoms with van der Waals surface area (Å²) in [5, 5.41) is 9.85. The first-order chi connectivity index (χ1) is 6.88. The summed E-state index contributed by atoms with van der Waals surface area (Å²) in [6.45, 7) is 12.3. The molecule has 0 saturated carbocycles. The van der Waals surface area contributed by atoms with Crippen molar-refractivity contribution in [2.24, 2.45) is 0 Å². The van der Waals surface area contributed by atoms with Gasteiger partial charge in [0.1, 0.15) is 5.75 Å². The highest BCUT2D eigenvalue weighted by Crippen LogP contribution is 2.35. The van der Waals surface area contributed by atoms with Crippen LogP contribution >= 0.6 is 0 Å². The molecule has 1 nitrogen and oxygen atoms in total. The van der Waals surface area contributed by atoms with Crippen molar-refractivity contribution in [1.82, 2.24) is 0 Å². The molecular formula is C14H20O. The van der Waals surface area contributed by atoms with Crippen LogP contribution in [0.1, 0.15) is 45.2 Å². The molecule has 1 aromatic rings. The second-order valence-corrected chi connectivity index (χ2v) is 4.75. The molecule has 1 rings (SSSR count). The third kappa shape index (κ3) is 2.41. The van der Waals surface area contributed by atoms with Gasteiger partial charge in [0, 0.05) is 5.56 Å². The fourth-order valence-electron chi connectivity index (χ4n) is 1.53. The highest BCUT2D eigenvalue weighted by Gasteiger charge is 2.21. The third-order valence-corrected chi connectivity index (χ3v) is 3.10. The minimum Gasteiger partial charge on any atom is -0.508 e. The minimum absolute atomic E-state index is 0.00947. The van der Waals surface area contributed by atoms with Gasteiger partial charge >= 0.3 is 0 Å². The molecule has 15 heavy (non-hydrogen) atoms. The van der Waals surface area contributed by atoms with Crippen molar-refractivity contribution in [3.05, 3.63) is 35.9 Å². The average Bonchev–Trinajstić information content (AvgIpc) is 2.17. The maximum absolute atomic E-state index is 9.85. The summed E-state index contributed by atoms with van der Waals surface area (Å²) < 4.78 is 0. The van der Waals surface area contributed by atoms with Gasteiger partial charge in [-0.1, -0.05) is 39.0 Å². The van der Waals surface area contributed by atoms with Gasteiger partial charge in [0.15, 0.2) is 0 Å². The number of benzene rings is 1. The Morgan fingerprint density at radius 3 is 2.47 bits per heavy atom. The van der Waals surface area contributed by atoms with E-state index in [1.165, 1.54) is 0 Å². The van der Waals surface area contributed by atoms with Crippen LogP contribution in [0, 0.1) is 0 Å². The van der Waals surface area contributed by atoms with Crippen LogP contribution in [-0.2, 0) is 5.41 Å². The number of rotatable bonds is 3. The fraction of sp³-hybridized carbons (Fsp3) is 0.429. The summed E-state index contributed by atoms with van der Waals surface area (Å²) in [6, 6.07) is 5.71. The molecule has 0 aliphatic carbocycles. The summed E-state index contributed by atoms with van der Waals surface area (Å²) >= 11 is 0.